The van der Waals surface area contributed by atoms with Gasteiger partial charge in [0.15, 0.2) is 0 Å². The van der Waals surface area contributed by atoms with E-state index in [1.165, 1.54) is 12.8 Å². The fraction of sp³-hybridized carbons (Fsp3) is 1.00. The van der Waals surface area contributed by atoms with E-state index in [1.807, 2.05) is 0 Å². The highest BCUT2D eigenvalue weighted by Gasteiger charge is 2.28. The van der Waals surface area contributed by atoms with Gasteiger partial charge in [0.2, 0.25) is 0 Å². The molecule has 0 radical (unpaired) electrons. The maximum atomic E-state index is 5.63. The molecule has 1 heteroatoms. The zero-order chi connectivity index (χ0) is 7.56. The molecule has 1 aliphatic carbocycles. The van der Waals surface area contributed by atoms with Crippen LogP contribution >= 0.6 is 0 Å². The van der Waals surface area contributed by atoms with Gasteiger partial charge in [0, 0.05) is 6.61 Å². The third kappa shape index (κ3) is 2.70. The van der Waals surface area contributed by atoms with Gasteiger partial charge in [-0.15, -0.1) is 0 Å². The average molecular weight is 142 g/mol. The predicted octanol–water partition coefficient (Wildman–Crippen LogP) is 2.46. The molecule has 1 nitrogen and oxygen atoms in total. The van der Waals surface area contributed by atoms with Crippen LogP contribution in [0.5, 0.6) is 0 Å². The summed E-state index contributed by atoms with van der Waals surface area (Å²) in [5.41, 5.74) is 0. The van der Waals surface area contributed by atoms with Crippen molar-refractivity contribution < 1.29 is 4.74 Å². The van der Waals surface area contributed by atoms with Crippen molar-refractivity contribution in [2.24, 2.45) is 11.8 Å². The van der Waals surface area contributed by atoms with Gasteiger partial charge < -0.3 is 4.74 Å². The maximum Gasteiger partial charge on any atom is 0.0575 e. The lowest BCUT2D eigenvalue weighted by Gasteiger charge is -2.13. The lowest BCUT2D eigenvalue weighted by Crippen LogP contribution is -2.14. The molecule has 0 saturated heterocycles. The van der Waals surface area contributed by atoms with Gasteiger partial charge in [-0.25, -0.2) is 0 Å². The Morgan fingerprint density at radius 1 is 1.30 bits per heavy atom. The Labute approximate surface area is 63.8 Å². The predicted molar refractivity (Wildman–Crippen MR) is 43.0 cm³/mol. The molecule has 1 atom stereocenters. The third-order valence-corrected chi connectivity index (χ3v) is 1.98. The molecule has 0 aromatic carbocycles. The molecule has 0 heterocycles. The van der Waals surface area contributed by atoms with E-state index in [0.717, 1.165) is 12.5 Å². The summed E-state index contributed by atoms with van der Waals surface area (Å²) < 4.78 is 5.63. The zero-order valence-electron chi connectivity index (χ0n) is 7.26. The molecule has 0 spiro atoms. The fourth-order valence-electron chi connectivity index (χ4n) is 1.05. The Bertz CT molecular complexity index is 94.9. The van der Waals surface area contributed by atoms with Crippen molar-refractivity contribution in [3.63, 3.8) is 0 Å². The van der Waals surface area contributed by atoms with Crippen LogP contribution < -0.4 is 0 Å². The van der Waals surface area contributed by atoms with Gasteiger partial charge in [-0.05, 0) is 31.6 Å². The first-order valence-electron chi connectivity index (χ1n) is 4.31. The molecule has 0 bridgehead atoms. The highest BCUT2D eigenvalue weighted by molar-refractivity contribution is 4.78. The van der Waals surface area contributed by atoms with Crippen LogP contribution in [0.3, 0.4) is 0 Å². The molecule has 0 amide bonds. The van der Waals surface area contributed by atoms with E-state index in [0.29, 0.717) is 12.0 Å². The molecule has 1 fully saturated rings. The lowest BCUT2D eigenvalue weighted by atomic mass is 10.2. The highest BCUT2D eigenvalue weighted by Crippen LogP contribution is 2.34. The van der Waals surface area contributed by atoms with Crippen molar-refractivity contribution >= 4 is 0 Å². The molecule has 0 N–H and O–H groups in total. The zero-order valence-corrected chi connectivity index (χ0v) is 7.26. The second-order valence-electron chi connectivity index (χ2n) is 3.77. The van der Waals surface area contributed by atoms with Crippen LogP contribution in [0, 0.1) is 11.8 Å². The van der Waals surface area contributed by atoms with Crippen LogP contribution in [0.4, 0.5) is 0 Å². The summed E-state index contributed by atoms with van der Waals surface area (Å²) in [7, 11) is 0. The second kappa shape index (κ2) is 3.38. The molecule has 10 heavy (non-hydrogen) atoms. The normalized spacial score (nSPS) is 21.6. The third-order valence-electron chi connectivity index (χ3n) is 1.98. The molecule has 0 aromatic heterocycles. The smallest absolute Gasteiger partial charge is 0.0575 e. The summed E-state index contributed by atoms with van der Waals surface area (Å²) in [6.07, 6.45) is 3.29. The van der Waals surface area contributed by atoms with E-state index in [2.05, 4.69) is 20.8 Å². The number of rotatable bonds is 4. The van der Waals surface area contributed by atoms with Gasteiger partial charge in [-0.3, -0.25) is 0 Å². The van der Waals surface area contributed by atoms with Gasteiger partial charge in [-0.1, -0.05) is 13.8 Å². The number of hydrogen-bond acceptors (Lipinski definition) is 1. The summed E-state index contributed by atoms with van der Waals surface area (Å²) in [6, 6.07) is 0. The van der Waals surface area contributed by atoms with Crippen LogP contribution in [0.2, 0.25) is 0 Å². The van der Waals surface area contributed by atoms with Crippen molar-refractivity contribution in [1.82, 2.24) is 0 Å². The van der Waals surface area contributed by atoms with Crippen molar-refractivity contribution in [3.8, 4) is 0 Å². The molecule has 1 aliphatic rings. The van der Waals surface area contributed by atoms with Crippen LogP contribution in [-0.2, 0) is 4.74 Å². The van der Waals surface area contributed by atoms with Crippen LogP contribution in [0.1, 0.15) is 33.6 Å². The average Bonchev–Trinajstić information content (AvgIpc) is 2.63. The van der Waals surface area contributed by atoms with Crippen LogP contribution in [0.15, 0.2) is 0 Å². The van der Waals surface area contributed by atoms with Gasteiger partial charge >= 0.3 is 0 Å². The van der Waals surface area contributed by atoms with Gasteiger partial charge in [0.05, 0.1) is 6.10 Å². The van der Waals surface area contributed by atoms with E-state index >= 15 is 0 Å². The van der Waals surface area contributed by atoms with Gasteiger partial charge in [-0.2, -0.15) is 0 Å². The second-order valence-corrected chi connectivity index (χ2v) is 3.77. The molecule has 0 aromatic rings. The van der Waals surface area contributed by atoms with E-state index in [4.69, 9.17) is 4.74 Å². The summed E-state index contributed by atoms with van der Waals surface area (Å²) in [4.78, 5) is 0. The topological polar surface area (TPSA) is 9.23 Å². The number of hydrogen-bond donors (Lipinski definition) is 0. The molecular formula is C9H18O. The lowest BCUT2D eigenvalue weighted by molar-refractivity contribution is 0.0342. The number of ether oxygens (including phenoxy) is 1. The van der Waals surface area contributed by atoms with E-state index in [1.54, 1.807) is 0 Å². The Hall–Kier alpha value is -0.0400. The van der Waals surface area contributed by atoms with Gasteiger partial charge in [0.1, 0.15) is 0 Å². The van der Waals surface area contributed by atoms with Crippen LogP contribution in [0.25, 0.3) is 0 Å². The SMILES string of the molecule is CC(C)COC(C)C1CC1. The molecule has 0 aliphatic heterocycles. The summed E-state index contributed by atoms with van der Waals surface area (Å²) in [6.45, 7) is 7.51. The monoisotopic (exact) mass is 142 g/mol. The minimum absolute atomic E-state index is 0.516. The Kier molecular flexibility index (Phi) is 2.72. The highest BCUT2D eigenvalue weighted by atomic mass is 16.5. The van der Waals surface area contributed by atoms with Crippen molar-refractivity contribution in [3.05, 3.63) is 0 Å². The molecule has 60 valence electrons. The maximum absolute atomic E-state index is 5.63. The molecule has 1 saturated carbocycles. The van der Waals surface area contributed by atoms with Gasteiger partial charge in [0.25, 0.3) is 0 Å². The van der Waals surface area contributed by atoms with Crippen LogP contribution in [-0.4, -0.2) is 12.7 Å². The summed E-state index contributed by atoms with van der Waals surface area (Å²) in [5, 5.41) is 0. The largest absolute Gasteiger partial charge is 0.378 e. The standard InChI is InChI=1S/C9H18O/c1-7(2)6-10-8(3)9-4-5-9/h7-9H,4-6H2,1-3H3. The van der Waals surface area contributed by atoms with Crippen molar-refractivity contribution in [2.75, 3.05) is 6.61 Å². The first-order chi connectivity index (χ1) is 4.70. The molecule has 1 rings (SSSR count). The van der Waals surface area contributed by atoms with Crippen molar-refractivity contribution in [2.45, 2.75) is 39.7 Å². The minimum atomic E-state index is 0.516. The summed E-state index contributed by atoms with van der Waals surface area (Å²) >= 11 is 0. The first-order valence-corrected chi connectivity index (χ1v) is 4.31. The quantitative estimate of drug-likeness (QED) is 0.586. The Morgan fingerprint density at radius 3 is 2.30 bits per heavy atom. The Morgan fingerprint density at radius 2 is 1.90 bits per heavy atom. The van der Waals surface area contributed by atoms with Crippen molar-refractivity contribution in [1.29, 1.82) is 0 Å². The van der Waals surface area contributed by atoms with E-state index in [-0.39, 0.29) is 0 Å². The van der Waals surface area contributed by atoms with E-state index in [9.17, 15) is 0 Å². The minimum Gasteiger partial charge on any atom is -0.378 e. The molecule has 1 unspecified atom stereocenters. The summed E-state index contributed by atoms with van der Waals surface area (Å²) in [5.74, 6) is 1.57. The molecular weight excluding hydrogens is 124 g/mol. The van der Waals surface area contributed by atoms with E-state index < -0.39 is 0 Å². The first kappa shape index (κ1) is 8.06. The Balaban J connectivity index is 2.00. The fourth-order valence-corrected chi connectivity index (χ4v) is 1.05.